The number of piperidine rings is 1. The van der Waals surface area contributed by atoms with Gasteiger partial charge in [0.05, 0.1) is 12.0 Å². The van der Waals surface area contributed by atoms with Crippen LogP contribution in [0.1, 0.15) is 40.7 Å². The van der Waals surface area contributed by atoms with E-state index in [0.29, 0.717) is 17.7 Å². The van der Waals surface area contributed by atoms with Gasteiger partial charge < -0.3 is 14.7 Å². The zero-order valence-electron chi connectivity index (χ0n) is 17.4. The van der Waals surface area contributed by atoms with Crippen molar-refractivity contribution in [2.45, 2.75) is 31.3 Å². The number of aliphatic hydroxyl groups is 1. The lowest BCUT2D eigenvalue weighted by molar-refractivity contribution is -0.117. The van der Waals surface area contributed by atoms with Crippen molar-refractivity contribution < 1.29 is 19.4 Å². The number of fused-ring (bicyclic) bond motifs is 1. The van der Waals surface area contributed by atoms with Crippen molar-refractivity contribution in [3.8, 4) is 5.75 Å². The van der Waals surface area contributed by atoms with Crippen LogP contribution in [0.25, 0.3) is 6.08 Å². The highest BCUT2D eigenvalue weighted by Crippen LogP contribution is 2.39. The van der Waals surface area contributed by atoms with E-state index in [1.807, 2.05) is 24.3 Å². The number of benzene rings is 2. The van der Waals surface area contributed by atoms with E-state index in [2.05, 4.69) is 17.0 Å². The maximum absolute atomic E-state index is 12.9. The third kappa shape index (κ3) is 5.24. The predicted molar refractivity (Wildman–Crippen MR) is 121 cm³/mol. The number of likely N-dealkylation sites (tertiary alicyclic amines) is 1. The molecule has 2 heterocycles. The molecule has 0 saturated carbocycles. The highest BCUT2D eigenvalue weighted by atomic mass is 35.5. The average Bonchev–Trinajstić information content (AvgIpc) is 2.78. The van der Waals surface area contributed by atoms with E-state index in [1.54, 1.807) is 12.1 Å². The van der Waals surface area contributed by atoms with Crippen LogP contribution in [-0.2, 0) is 11.2 Å². The van der Waals surface area contributed by atoms with Crippen LogP contribution in [0.3, 0.4) is 0 Å². The number of carbonyl (C=O) groups excluding carboxylic acids is 2. The number of ether oxygens (including phenoxy) is 1. The largest absolute Gasteiger partial charge is 0.486 e. The number of hydrogen-bond acceptors (Lipinski definition) is 5. The van der Waals surface area contributed by atoms with Gasteiger partial charge in [0, 0.05) is 37.5 Å². The molecule has 1 saturated heterocycles. The molecule has 1 spiro atoms. The van der Waals surface area contributed by atoms with Gasteiger partial charge in [-0.05, 0) is 47.9 Å². The Kier molecular flexibility index (Phi) is 6.56. The average molecular weight is 440 g/mol. The molecule has 0 bridgehead atoms. The van der Waals surface area contributed by atoms with Crippen LogP contribution in [-0.4, -0.2) is 53.4 Å². The molecule has 0 radical (unpaired) electrons. The van der Waals surface area contributed by atoms with Crippen LogP contribution in [0, 0.1) is 0 Å². The molecule has 1 fully saturated rings. The lowest BCUT2D eigenvalue weighted by atomic mass is 9.82. The fraction of sp³-hybridized carbons (Fsp3) is 0.360. The van der Waals surface area contributed by atoms with Crippen LogP contribution < -0.4 is 4.74 Å². The van der Waals surface area contributed by atoms with Crippen molar-refractivity contribution in [3.63, 3.8) is 0 Å². The normalized spacial score (nSPS) is 18.2. The number of aliphatic hydroxyl groups excluding tert-OH is 1. The minimum Gasteiger partial charge on any atom is -0.486 e. The van der Waals surface area contributed by atoms with E-state index in [4.69, 9.17) is 21.4 Å². The Hall–Kier alpha value is -2.47. The summed E-state index contributed by atoms with van der Waals surface area (Å²) in [5.41, 5.74) is 2.15. The van der Waals surface area contributed by atoms with Crippen molar-refractivity contribution in [2.75, 3.05) is 26.2 Å². The summed E-state index contributed by atoms with van der Waals surface area (Å²) in [5, 5.41) is 9.58. The van der Waals surface area contributed by atoms with Gasteiger partial charge in [-0.2, -0.15) is 0 Å². The predicted octanol–water partition coefficient (Wildman–Crippen LogP) is 3.96. The fourth-order valence-corrected chi connectivity index (χ4v) is 4.38. The first-order valence-electron chi connectivity index (χ1n) is 10.6. The Labute approximate surface area is 187 Å². The van der Waals surface area contributed by atoms with Crippen LogP contribution in [0.2, 0.25) is 5.02 Å². The molecule has 6 heteroatoms. The van der Waals surface area contributed by atoms with Gasteiger partial charge in [0.25, 0.3) is 0 Å². The zero-order valence-corrected chi connectivity index (χ0v) is 18.1. The molecule has 2 aromatic carbocycles. The van der Waals surface area contributed by atoms with Gasteiger partial charge in [-0.15, -0.1) is 0 Å². The van der Waals surface area contributed by atoms with Gasteiger partial charge in [-0.3, -0.25) is 9.59 Å². The molecule has 0 atom stereocenters. The van der Waals surface area contributed by atoms with Crippen molar-refractivity contribution in [1.29, 1.82) is 0 Å². The molecule has 0 amide bonds. The quantitative estimate of drug-likeness (QED) is 0.690. The minimum absolute atomic E-state index is 0.0830. The first-order valence-corrected chi connectivity index (χ1v) is 11.0. The molecule has 2 aliphatic rings. The third-order valence-electron chi connectivity index (χ3n) is 6.13. The summed E-state index contributed by atoms with van der Waals surface area (Å²) in [7, 11) is 0. The molecule has 1 N–H and O–H groups in total. The van der Waals surface area contributed by atoms with Gasteiger partial charge in [0.1, 0.15) is 18.0 Å². The summed E-state index contributed by atoms with van der Waals surface area (Å²) in [6.45, 7) is 2.26. The maximum Gasteiger partial charge on any atom is 0.181 e. The topological polar surface area (TPSA) is 66.8 Å². The van der Waals surface area contributed by atoms with Gasteiger partial charge >= 0.3 is 0 Å². The monoisotopic (exact) mass is 439 g/mol. The molecule has 0 aromatic heterocycles. The van der Waals surface area contributed by atoms with E-state index in [1.165, 1.54) is 11.6 Å². The minimum atomic E-state index is -0.525. The molecule has 0 unspecified atom stereocenters. The van der Waals surface area contributed by atoms with E-state index < -0.39 is 12.2 Å². The van der Waals surface area contributed by atoms with E-state index in [9.17, 15) is 9.59 Å². The van der Waals surface area contributed by atoms with E-state index in [-0.39, 0.29) is 11.6 Å². The second-order valence-electron chi connectivity index (χ2n) is 8.32. The van der Waals surface area contributed by atoms with Crippen LogP contribution in [0.4, 0.5) is 0 Å². The number of nitrogens with zero attached hydrogens (tertiary/aromatic N) is 1. The second-order valence-corrected chi connectivity index (χ2v) is 8.75. The second kappa shape index (κ2) is 9.35. The van der Waals surface area contributed by atoms with Gasteiger partial charge in [0.15, 0.2) is 11.6 Å². The fourth-order valence-electron chi connectivity index (χ4n) is 4.26. The molecule has 31 heavy (non-hydrogen) atoms. The Morgan fingerprint density at radius 1 is 1.16 bits per heavy atom. The van der Waals surface area contributed by atoms with Gasteiger partial charge in [-0.25, -0.2) is 0 Å². The van der Waals surface area contributed by atoms with E-state index >= 15 is 0 Å². The summed E-state index contributed by atoms with van der Waals surface area (Å²) < 4.78 is 6.36. The summed E-state index contributed by atoms with van der Waals surface area (Å²) in [6.07, 6.45) is 5.93. The van der Waals surface area contributed by atoms with Crippen LogP contribution in [0.5, 0.6) is 5.75 Å². The van der Waals surface area contributed by atoms with Crippen LogP contribution >= 0.6 is 11.6 Å². The summed E-state index contributed by atoms with van der Waals surface area (Å²) in [5.74, 6) is 0.332. The molecule has 5 nitrogen and oxygen atoms in total. The first kappa shape index (κ1) is 21.8. The molecule has 162 valence electrons. The number of halogens is 1. The van der Waals surface area contributed by atoms with Gasteiger partial charge in [-0.1, -0.05) is 35.9 Å². The lowest BCUT2D eigenvalue weighted by Crippen LogP contribution is -2.51. The first-order chi connectivity index (χ1) is 15.0. The molecule has 2 aromatic rings. The van der Waals surface area contributed by atoms with Crippen molar-refractivity contribution in [2.24, 2.45) is 0 Å². The standard InChI is InChI=1S/C25H26ClNO4/c26-20-5-1-18(2-6-20)9-12-27-13-10-25(11-14-27)16-23(30)22-15-19(3-7-21(29)17-28)4-8-24(22)31-25/h1-8,15,28H,9-14,16-17H2/b7-3+. The Bertz CT molecular complexity index is 991. The number of rotatable bonds is 6. The Balaban J connectivity index is 1.36. The number of ketones is 2. The number of carbonyl (C=O) groups is 2. The number of Topliss-reactive ketones (excluding diaryl/α,β-unsaturated/α-hetero) is 1. The summed E-state index contributed by atoms with van der Waals surface area (Å²) in [4.78, 5) is 26.6. The Morgan fingerprint density at radius 3 is 2.61 bits per heavy atom. The summed E-state index contributed by atoms with van der Waals surface area (Å²) >= 11 is 5.96. The van der Waals surface area contributed by atoms with Crippen molar-refractivity contribution in [1.82, 2.24) is 4.90 Å². The molecular formula is C25H26ClNO4. The lowest BCUT2D eigenvalue weighted by Gasteiger charge is -2.44. The molecular weight excluding hydrogens is 414 g/mol. The number of hydrogen-bond donors (Lipinski definition) is 1. The smallest absolute Gasteiger partial charge is 0.181 e. The van der Waals surface area contributed by atoms with Gasteiger partial charge in [0.2, 0.25) is 0 Å². The SMILES string of the molecule is O=C(/C=C/c1ccc2c(c1)C(=O)CC1(CCN(CCc3ccc(Cl)cc3)CC1)O2)CO. The maximum atomic E-state index is 12.9. The molecule has 0 aliphatic carbocycles. The Morgan fingerprint density at radius 2 is 1.90 bits per heavy atom. The van der Waals surface area contributed by atoms with Crippen molar-refractivity contribution in [3.05, 3.63) is 70.3 Å². The summed E-state index contributed by atoms with van der Waals surface area (Å²) in [6, 6.07) is 13.4. The highest BCUT2D eigenvalue weighted by molar-refractivity contribution is 6.30. The molecule has 4 rings (SSSR count). The zero-order chi connectivity index (χ0) is 21.8. The molecule has 2 aliphatic heterocycles. The third-order valence-corrected chi connectivity index (χ3v) is 6.38. The van der Waals surface area contributed by atoms with Crippen LogP contribution in [0.15, 0.2) is 48.5 Å². The van der Waals surface area contributed by atoms with E-state index in [0.717, 1.165) is 49.5 Å². The van der Waals surface area contributed by atoms with Crippen molar-refractivity contribution >= 4 is 29.2 Å². The highest BCUT2D eigenvalue weighted by Gasteiger charge is 2.42.